The summed E-state index contributed by atoms with van der Waals surface area (Å²) in [7, 11) is 5.37. The maximum Gasteiger partial charge on any atom is 0.409 e. The zero-order valence-corrected chi connectivity index (χ0v) is 15.1. The first-order chi connectivity index (χ1) is 11.1. The lowest BCUT2D eigenvalue weighted by Crippen LogP contribution is -2.50. The highest BCUT2D eigenvalue weighted by molar-refractivity contribution is 5.80. The van der Waals surface area contributed by atoms with Crippen LogP contribution in [0.3, 0.4) is 0 Å². The number of likely N-dealkylation sites (tertiary alicyclic amines) is 1. The highest BCUT2D eigenvalue weighted by Gasteiger charge is 2.23. The second-order valence-electron chi connectivity index (χ2n) is 6.03. The standard InChI is InChI=1S/C16H33N5O2/c1-5-6-10-20(3)13-9-18-15(17-2)19-14-7-11-21(12-8-14)16(22)23-4/h14H,5-13H2,1-4H3,(H2,17,18,19). The maximum absolute atomic E-state index is 11.5. The van der Waals surface area contributed by atoms with Crippen molar-refractivity contribution in [2.24, 2.45) is 4.99 Å². The van der Waals surface area contributed by atoms with Gasteiger partial charge in [0.1, 0.15) is 0 Å². The van der Waals surface area contributed by atoms with E-state index in [0.29, 0.717) is 6.04 Å². The fourth-order valence-corrected chi connectivity index (χ4v) is 2.63. The summed E-state index contributed by atoms with van der Waals surface area (Å²) in [6.45, 7) is 6.67. The Bertz CT molecular complexity index is 367. The van der Waals surface area contributed by atoms with Gasteiger partial charge in [-0.15, -0.1) is 0 Å². The second kappa shape index (κ2) is 11.1. The Morgan fingerprint density at radius 3 is 2.61 bits per heavy atom. The second-order valence-corrected chi connectivity index (χ2v) is 6.03. The van der Waals surface area contributed by atoms with Gasteiger partial charge in [0.2, 0.25) is 0 Å². The van der Waals surface area contributed by atoms with Crippen molar-refractivity contribution < 1.29 is 9.53 Å². The van der Waals surface area contributed by atoms with Crippen molar-refractivity contribution >= 4 is 12.1 Å². The third kappa shape index (κ3) is 7.54. The SMILES string of the molecule is CCCCN(C)CCNC(=NC)NC1CCN(C(=O)OC)CC1. The number of ether oxygens (including phenoxy) is 1. The number of unbranched alkanes of at least 4 members (excludes halogenated alkanes) is 1. The molecule has 1 amide bonds. The van der Waals surface area contributed by atoms with E-state index in [1.165, 1.54) is 20.0 Å². The number of amides is 1. The van der Waals surface area contributed by atoms with E-state index in [1.54, 1.807) is 11.9 Å². The molecule has 0 unspecified atom stereocenters. The van der Waals surface area contributed by atoms with Crippen LogP contribution in [0, 0.1) is 0 Å². The molecule has 1 rings (SSSR count). The van der Waals surface area contributed by atoms with Gasteiger partial charge in [0, 0.05) is 39.3 Å². The Hall–Kier alpha value is -1.50. The highest BCUT2D eigenvalue weighted by atomic mass is 16.5. The van der Waals surface area contributed by atoms with Crippen LogP contribution in [0.1, 0.15) is 32.6 Å². The first-order valence-electron chi connectivity index (χ1n) is 8.59. The monoisotopic (exact) mass is 327 g/mol. The molecule has 7 nitrogen and oxygen atoms in total. The van der Waals surface area contributed by atoms with E-state index < -0.39 is 0 Å². The van der Waals surface area contributed by atoms with E-state index in [2.05, 4.69) is 34.5 Å². The molecule has 0 aromatic heterocycles. The van der Waals surface area contributed by atoms with E-state index in [9.17, 15) is 4.79 Å². The molecule has 0 aromatic rings. The molecule has 1 heterocycles. The molecule has 0 aromatic carbocycles. The normalized spacial score (nSPS) is 16.6. The van der Waals surface area contributed by atoms with Gasteiger partial charge in [0.25, 0.3) is 0 Å². The summed E-state index contributed by atoms with van der Waals surface area (Å²) in [4.78, 5) is 19.8. The Morgan fingerprint density at radius 1 is 1.35 bits per heavy atom. The fourth-order valence-electron chi connectivity index (χ4n) is 2.63. The Balaban J connectivity index is 2.23. The summed E-state index contributed by atoms with van der Waals surface area (Å²) in [6.07, 6.45) is 4.05. The van der Waals surface area contributed by atoms with E-state index >= 15 is 0 Å². The van der Waals surface area contributed by atoms with Crippen molar-refractivity contribution in [3.63, 3.8) is 0 Å². The lowest BCUT2D eigenvalue weighted by Gasteiger charge is -2.32. The number of piperidine rings is 1. The van der Waals surface area contributed by atoms with Crippen LogP contribution >= 0.6 is 0 Å². The number of hydrogen-bond donors (Lipinski definition) is 2. The van der Waals surface area contributed by atoms with Crippen LogP contribution in [0.5, 0.6) is 0 Å². The van der Waals surface area contributed by atoms with Crippen LogP contribution in [0.25, 0.3) is 0 Å². The van der Waals surface area contributed by atoms with Gasteiger partial charge in [-0.05, 0) is 32.9 Å². The highest BCUT2D eigenvalue weighted by Crippen LogP contribution is 2.11. The van der Waals surface area contributed by atoms with Gasteiger partial charge < -0.3 is 25.2 Å². The average molecular weight is 327 g/mol. The van der Waals surface area contributed by atoms with Crippen LogP contribution in [-0.4, -0.2) is 81.8 Å². The molecule has 0 bridgehead atoms. The smallest absolute Gasteiger partial charge is 0.409 e. The third-order valence-electron chi connectivity index (χ3n) is 4.17. The number of rotatable bonds is 7. The summed E-state index contributed by atoms with van der Waals surface area (Å²) in [5.41, 5.74) is 0. The zero-order chi connectivity index (χ0) is 17.1. The molecule has 0 radical (unpaired) electrons. The number of guanidine groups is 1. The van der Waals surface area contributed by atoms with Gasteiger partial charge in [-0.2, -0.15) is 0 Å². The van der Waals surface area contributed by atoms with Crippen molar-refractivity contribution in [2.45, 2.75) is 38.6 Å². The van der Waals surface area contributed by atoms with Crippen LogP contribution in [0.15, 0.2) is 4.99 Å². The molecule has 7 heteroatoms. The minimum Gasteiger partial charge on any atom is -0.453 e. The zero-order valence-electron chi connectivity index (χ0n) is 15.1. The van der Waals surface area contributed by atoms with E-state index in [1.807, 2.05) is 0 Å². The molecule has 1 aliphatic rings. The van der Waals surface area contributed by atoms with Crippen molar-refractivity contribution in [2.75, 3.05) is 53.9 Å². The summed E-state index contributed by atoms with van der Waals surface area (Å²) in [6, 6.07) is 0.347. The number of likely N-dealkylation sites (N-methyl/N-ethyl adjacent to an activating group) is 1. The largest absolute Gasteiger partial charge is 0.453 e. The summed E-state index contributed by atoms with van der Waals surface area (Å²) < 4.78 is 4.76. The molecule has 0 aliphatic carbocycles. The van der Waals surface area contributed by atoms with E-state index in [4.69, 9.17) is 4.74 Å². The number of aliphatic imine (C=N–C) groups is 1. The lowest BCUT2D eigenvalue weighted by molar-refractivity contribution is 0.111. The van der Waals surface area contributed by atoms with E-state index in [-0.39, 0.29) is 6.09 Å². The van der Waals surface area contributed by atoms with Gasteiger partial charge in [-0.1, -0.05) is 13.3 Å². The molecule has 134 valence electrons. The Morgan fingerprint density at radius 2 is 2.04 bits per heavy atom. The summed E-state index contributed by atoms with van der Waals surface area (Å²) in [5, 5.41) is 6.80. The van der Waals surface area contributed by atoms with Gasteiger partial charge >= 0.3 is 6.09 Å². The first kappa shape index (κ1) is 19.5. The first-order valence-corrected chi connectivity index (χ1v) is 8.59. The van der Waals surface area contributed by atoms with Crippen LogP contribution in [-0.2, 0) is 4.74 Å². The van der Waals surface area contributed by atoms with Crippen LogP contribution in [0.2, 0.25) is 0 Å². The third-order valence-corrected chi connectivity index (χ3v) is 4.17. The molecule has 1 fully saturated rings. The van der Waals surface area contributed by atoms with E-state index in [0.717, 1.165) is 51.5 Å². The summed E-state index contributed by atoms with van der Waals surface area (Å²) >= 11 is 0. The minimum atomic E-state index is -0.235. The minimum absolute atomic E-state index is 0.235. The number of methoxy groups -OCH3 is 1. The van der Waals surface area contributed by atoms with Crippen LogP contribution in [0.4, 0.5) is 4.79 Å². The number of nitrogens with one attached hydrogen (secondary N) is 2. The van der Waals surface area contributed by atoms with Crippen molar-refractivity contribution in [3.05, 3.63) is 0 Å². The molecule has 0 atom stereocenters. The Kier molecular flexibility index (Phi) is 9.43. The quantitative estimate of drug-likeness (QED) is 0.542. The number of hydrogen-bond acceptors (Lipinski definition) is 4. The predicted octanol–water partition coefficient (Wildman–Crippen LogP) is 1.11. The molecular formula is C16H33N5O2. The molecule has 23 heavy (non-hydrogen) atoms. The average Bonchev–Trinajstić information content (AvgIpc) is 2.58. The molecule has 0 saturated carbocycles. The molecule has 1 saturated heterocycles. The van der Waals surface area contributed by atoms with Gasteiger partial charge in [-0.25, -0.2) is 4.79 Å². The van der Waals surface area contributed by atoms with Crippen LogP contribution < -0.4 is 10.6 Å². The summed E-state index contributed by atoms with van der Waals surface area (Å²) in [5.74, 6) is 0.838. The number of carbonyl (C=O) groups is 1. The number of carbonyl (C=O) groups excluding carboxylic acids is 1. The van der Waals surface area contributed by atoms with Gasteiger partial charge in [0.15, 0.2) is 5.96 Å². The van der Waals surface area contributed by atoms with Gasteiger partial charge in [-0.3, -0.25) is 4.99 Å². The Labute approximate surface area is 140 Å². The molecule has 2 N–H and O–H groups in total. The van der Waals surface area contributed by atoms with Gasteiger partial charge in [0.05, 0.1) is 7.11 Å². The van der Waals surface area contributed by atoms with Crippen molar-refractivity contribution in [1.82, 2.24) is 20.4 Å². The fraction of sp³-hybridized carbons (Fsp3) is 0.875. The predicted molar refractivity (Wildman–Crippen MR) is 93.9 cm³/mol. The molecule has 1 aliphatic heterocycles. The lowest BCUT2D eigenvalue weighted by atomic mass is 10.1. The van der Waals surface area contributed by atoms with Crippen molar-refractivity contribution in [3.8, 4) is 0 Å². The maximum atomic E-state index is 11.5. The number of nitrogens with zero attached hydrogens (tertiary/aromatic N) is 3. The molecule has 0 spiro atoms. The molecular weight excluding hydrogens is 294 g/mol. The van der Waals surface area contributed by atoms with Crippen molar-refractivity contribution in [1.29, 1.82) is 0 Å². The topological polar surface area (TPSA) is 69.2 Å².